The largest absolute Gasteiger partial charge is 0.493 e. The van der Waals surface area contributed by atoms with Crippen molar-refractivity contribution in [3.05, 3.63) is 35.5 Å². The second-order valence-electron chi connectivity index (χ2n) is 7.50. The molecular formula is C20H31N3O3. The highest BCUT2D eigenvalue weighted by atomic mass is 16.5. The fraction of sp³-hybridized carbons (Fsp3) is 0.600. The van der Waals surface area contributed by atoms with Crippen LogP contribution in [0.3, 0.4) is 0 Å². The number of methoxy groups -OCH3 is 1. The van der Waals surface area contributed by atoms with E-state index < -0.39 is 0 Å². The second-order valence-corrected chi connectivity index (χ2v) is 7.50. The smallest absolute Gasteiger partial charge is 0.243 e. The van der Waals surface area contributed by atoms with Gasteiger partial charge in [0.2, 0.25) is 5.89 Å². The average molecular weight is 361 g/mol. The third-order valence-corrected chi connectivity index (χ3v) is 4.08. The minimum absolute atomic E-state index is 0.0369. The van der Waals surface area contributed by atoms with Crippen LogP contribution in [0.2, 0.25) is 0 Å². The van der Waals surface area contributed by atoms with Crippen molar-refractivity contribution in [2.75, 3.05) is 13.7 Å². The summed E-state index contributed by atoms with van der Waals surface area (Å²) in [4.78, 5) is 4.50. The fourth-order valence-electron chi connectivity index (χ4n) is 2.34. The molecule has 0 aliphatic carbocycles. The first-order chi connectivity index (χ1) is 12.3. The Morgan fingerprint density at radius 1 is 1.23 bits per heavy atom. The molecule has 1 aromatic carbocycles. The van der Waals surface area contributed by atoms with Crippen molar-refractivity contribution in [1.29, 1.82) is 0 Å². The van der Waals surface area contributed by atoms with E-state index in [1.165, 1.54) is 0 Å². The van der Waals surface area contributed by atoms with E-state index in [1.54, 1.807) is 7.11 Å². The van der Waals surface area contributed by atoms with Crippen molar-refractivity contribution < 1.29 is 14.0 Å². The Bertz CT molecular complexity index is 692. The Hall–Kier alpha value is -2.08. The van der Waals surface area contributed by atoms with Gasteiger partial charge in [0.05, 0.1) is 19.8 Å². The van der Waals surface area contributed by atoms with Gasteiger partial charge in [0, 0.05) is 12.0 Å². The number of nitrogens with one attached hydrogen (secondary N) is 1. The predicted octanol–water partition coefficient (Wildman–Crippen LogP) is 4.41. The number of nitrogens with zero attached hydrogens (tertiary/aromatic N) is 2. The molecule has 6 heteroatoms. The Kier molecular flexibility index (Phi) is 7.03. The normalized spacial score (nSPS) is 12.8. The molecule has 26 heavy (non-hydrogen) atoms. The first-order valence-corrected chi connectivity index (χ1v) is 9.22. The summed E-state index contributed by atoms with van der Waals surface area (Å²) in [5.74, 6) is 2.85. The van der Waals surface area contributed by atoms with Gasteiger partial charge >= 0.3 is 0 Å². The molecule has 2 rings (SSSR count). The molecule has 0 bridgehead atoms. The first-order valence-electron chi connectivity index (χ1n) is 9.22. The van der Waals surface area contributed by atoms with Gasteiger partial charge in [-0.05, 0) is 31.0 Å². The molecule has 0 saturated heterocycles. The van der Waals surface area contributed by atoms with Crippen LogP contribution in [-0.2, 0) is 12.0 Å². The lowest BCUT2D eigenvalue weighted by atomic mass is 9.96. The van der Waals surface area contributed by atoms with Gasteiger partial charge in [-0.3, -0.25) is 0 Å². The zero-order chi connectivity index (χ0) is 19.2. The Balaban J connectivity index is 1.99. The SMILES string of the molecule is CCCCOc1cc(CNC(C)c2nc(C(C)(C)C)no2)ccc1OC. The molecule has 0 spiro atoms. The standard InChI is InChI=1S/C20H31N3O3/c1-7-8-11-25-17-12-15(9-10-16(17)24-6)13-21-14(2)18-22-19(23-26-18)20(3,4)5/h9-10,12,14,21H,7-8,11,13H2,1-6H3. The van der Waals surface area contributed by atoms with E-state index in [1.807, 2.05) is 25.1 Å². The Labute approximate surface area is 156 Å². The highest BCUT2D eigenvalue weighted by Crippen LogP contribution is 2.28. The second kappa shape index (κ2) is 9.03. The van der Waals surface area contributed by atoms with Gasteiger partial charge in [0.15, 0.2) is 17.3 Å². The monoisotopic (exact) mass is 361 g/mol. The van der Waals surface area contributed by atoms with Crippen LogP contribution in [-0.4, -0.2) is 23.9 Å². The highest BCUT2D eigenvalue weighted by Gasteiger charge is 2.23. The van der Waals surface area contributed by atoms with Gasteiger partial charge in [-0.1, -0.05) is 45.3 Å². The molecule has 6 nitrogen and oxygen atoms in total. The van der Waals surface area contributed by atoms with Crippen LogP contribution in [0.4, 0.5) is 0 Å². The molecule has 0 saturated carbocycles. The molecule has 0 aliphatic heterocycles. The lowest BCUT2D eigenvalue weighted by Gasteiger charge is -2.14. The lowest BCUT2D eigenvalue weighted by molar-refractivity contribution is 0.287. The molecule has 1 heterocycles. The number of rotatable bonds is 9. The summed E-state index contributed by atoms with van der Waals surface area (Å²) in [5, 5.41) is 7.50. The summed E-state index contributed by atoms with van der Waals surface area (Å²) in [6.45, 7) is 11.7. The summed E-state index contributed by atoms with van der Waals surface area (Å²) >= 11 is 0. The van der Waals surface area contributed by atoms with E-state index in [-0.39, 0.29) is 11.5 Å². The molecule has 0 radical (unpaired) electrons. The fourth-order valence-corrected chi connectivity index (χ4v) is 2.34. The predicted molar refractivity (Wildman–Crippen MR) is 102 cm³/mol. The van der Waals surface area contributed by atoms with E-state index in [0.717, 1.165) is 35.7 Å². The van der Waals surface area contributed by atoms with Gasteiger partial charge in [-0.25, -0.2) is 0 Å². The molecule has 2 aromatic rings. The van der Waals surface area contributed by atoms with Crippen LogP contribution in [0.1, 0.15) is 70.8 Å². The summed E-state index contributed by atoms with van der Waals surface area (Å²) in [5.41, 5.74) is 0.988. The van der Waals surface area contributed by atoms with Crippen LogP contribution in [0.25, 0.3) is 0 Å². The summed E-state index contributed by atoms with van der Waals surface area (Å²) in [7, 11) is 1.66. The molecular weight excluding hydrogens is 330 g/mol. The quantitative estimate of drug-likeness (QED) is 0.667. The summed E-state index contributed by atoms with van der Waals surface area (Å²) < 4.78 is 16.6. The van der Waals surface area contributed by atoms with Crippen molar-refractivity contribution in [1.82, 2.24) is 15.5 Å². The number of aromatic nitrogens is 2. The zero-order valence-corrected chi connectivity index (χ0v) is 16.8. The number of benzene rings is 1. The minimum Gasteiger partial charge on any atom is -0.493 e. The Morgan fingerprint density at radius 2 is 2.00 bits per heavy atom. The lowest BCUT2D eigenvalue weighted by Crippen LogP contribution is -2.19. The van der Waals surface area contributed by atoms with Crippen molar-refractivity contribution in [2.24, 2.45) is 0 Å². The van der Waals surface area contributed by atoms with Gasteiger partial charge in [0.1, 0.15) is 0 Å². The van der Waals surface area contributed by atoms with E-state index in [4.69, 9.17) is 14.0 Å². The number of unbranched alkanes of at least 4 members (excludes halogenated alkanes) is 1. The third-order valence-electron chi connectivity index (χ3n) is 4.08. The van der Waals surface area contributed by atoms with Crippen LogP contribution in [0, 0.1) is 0 Å². The van der Waals surface area contributed by atoms with E-state index in [2.05, 4.69) is 43.2 Å². The number of hydrogen-bond acceptors (Lipinski definition) is 6. The molecule has 1 aromatic heterocycles. The molecule has 1 unspecified atom stereocenters. The topological polar surface area (TPSA) is 69.4 Å². The van der Waals surface area contributed by atoms with Crippen LogP contribution in [0.15, 0.2) is 22.7 Å². The van der Waals surface area contributed by atoms with Gasteiger partial charge in [-0.2, -0.15) is 4.98 Å². The molecule has 1 N–H and O–H groups in total. The van der Waals surface area contributed by atoms with Gasteiger partial charge < -0.3 is 19.3 Å². The molecule has 0 aliphatic rings. The Morgan fingerprint density at radius 3 is 2.62 bits per heavy atom. The van der Waals surface area contributed by atoms with E-state index in [9.17, 15) is 0 Å². The zero-order valence-electron chi connectivity index (χ0n) is 16.8. The van der Waals surface area contributed by atoms with Gasteiger partial charge in [-0.15, -0.1) is 0 Å². The summed E-state index contributed by atoms with van der Waals surface area (Å²) in [6.07, 6.45) is 2.12. The summed E-state index contributed by atoms with van der Waals surface area (Å²) in [6, 6.07) is 5.94. The van der Waals surface area contributed by atoms with Crippen LogP contribution in [0.5, 0.6) is 11.5 Å². The molecule has 1 atom stereocenters. The maximum absolute atomic E-state index is 5.85. The minimum atomic E-state index is -0.123. The van der Waals surface area contributed by atoms with E-state index in [0.29, 0.717) is 19.0 Å². The molecule has 0 amide bonds. The maximum Gasteiger partial charge on any atom is 0.243 e. The van der Waals surface area contributed by atoms with E-state index >= 15 is 0 Å². The van der Waals surface area contributed by atoms with Crippen molar-refractivity contribution >= 4 is 0 Å². The van der Waals surface area contributed by atoms with Crippen LogP contribution < -0.4 is 14.8 Å². The molecule has 0 fully saturated rings. The third kappa shape index (κ3) is 5.46. The average Bonchev–Trinajstić information content (AvgIpc) is 3.10. The maximum atomic E-state index is 5.85. The highest BCUT2D eigenvalue weighted by molar-refractivity contribution is 5.43. The van der Waals surface area contributed by atoms with Crippen molar-refractivity contribution in [2.45, 2.75) is 65.5 Å². The number of hydrogen-bond donors (Lipinski definition) is 1. The molecule has 144 valence electrons. The van der Waals surface area contributed by atoms with Crippen molar-refractivity contribution in [3.63, 3.8) is 0 Å². The van der Waals surface area contributed by atoms with Crippen LogP contribution >= 0.6 is 0 Å². The van der Waals surface area contributed by atoms with Gasteiger partial charge in [0.25, 0.3) is 0 Å². The first kappa shape index (κ1) is 20.2. The number of ether oxygens (including phenoxy) is 2. The van der Waals surface area contributed by atoms with Crippen molar-refractivity contribution in [3.8, 4) is 11.5 Å².